The van der Waals surface area contributed by atoms with Crippen molar-refractivity contribution in [1.29, 1.82) is 0 Å². The van der Waals surface area contributed by atoms with Crippen LogP contribution in [0.3, 0.4) is 0 Å². The maximum Gasteiger partial charge on any atom is 0.219 e. The van der Waals surface area contributed by atoms with Crippen molar-refractivity contribution in [1.82, 2.24) is 4.90 Å². The Morgan fingerprint density at radius 2 is 1.74 bits per heavy atom. The van der Waals surface area contributed by atoms with E-state index in [9.17, 15) is 9.90 Å². The van der Waals surface area contributed by atoms with Crippen LogP contribution in [0, 0.1) is 13.8 Å². The summed E-state index contributed by atoms with van der Waals surface area (Å²) in [7, 11) is 0. The van der Waals surface area contributed by atoms with Crippen molar-refractivity contribution in [2.75, 3.05) is 13.1 Å². The van der Waals surface area contributed by atoms with Crippen molar-refractivity contribution in [3.63, 3.8) is 0 Å². The summed E-state index contributed by atoms with van der Waals surface area (Å²) >= 11 is 0. The van der Waals surface area contributed by atoms with E-state index in [1.54, 1.807) is 6.92 Å². The zero-order valence-electron chi connectivity index (χ0n) is 16.0. The Balaban J connectivity index is 1.56. The number of aryl methyl sites for hydroxylation is 2. The van der Waals surface area contributed by atoms with Crippen LogP contribution >= 0.6 is 0 Å². The molecule has 5 nitrogen and oxygen atoms in total. The maximum absolute atomic E-state index is 11.5. The lowest BCUT2D eigenvalue weighted by Gasteiger charge is -2.43. The summed E-state index contributed by atoms with van der Waals surface area (Å²) in [6, 6.07) is 10.1. The summed E-state index contributed by atoms with van der Waals surface area (Å²) in [5.41, 5.74) is 4.91. The van der Waals surface area contributed by atoms with Gasteiger partial charge in [0.25, 0.3) is 0 Å². The first-order valence-corrected chi connectivity index (χ1v) is 9.39. The van der Waals surface area contributed by atoms with Gasteiger partial charge in [-0.3, -0.25) is 4.79 Å². The summed E-state index contributed by atoms with van der Waals surface area (Å²) in [6.45, 7) is 7.24. The minimum absolute atomic E-state index is 0.102. The Labute approximate surface area is 159 Å². The van der Waals surface area contributed by atoms with Gasteiger partial charge in [-0.1, -0.05) is 6.07 Å². The Morgan fingerprint density at radius 1 is 1.07 bits per heavy atom. The number of ether oxygens (including phenoxy) is 2. The van der Waals surface area contributed by atoms with Crippen molar-refractivity contribution in [2.24, 2.45) is 0 Å². The zero-order chi connectivity index (χ0) is 19.2. The molecule has 2 aliphatic rings. The van der Waals surface area contributed by atoms with Crippen LogP contribution in [-0.2, 0) is 16.1 Å². The number of carbonyl (C=O) groups excluding carboxylic acids is 1. The maximum atomic E-state index is 11.5. The average molecular weight is 367 g/mol. The van der Waals surface area contributed by atoms with Gasteiger partial charge in [0.1, 0.15) is 11.5 Å². The first-order valence-electron chi connectivity index (χ1n) is 9.39. The van der Waals surface area contributed by atoms with E-state index < -0.39 is 5.79 Å². The van der Waals surface area contributed by atoms with Crippen molar-refractivity contribution in [3.8, 4) is 22.6 Å². The summed E-state index contributed by atoms with van der Waals surface area (Å²) in [5, 5.41) is 10.00. The molecule has 2 aromatic rings. The fraction of sp³-hybridized carbons (Fsp3) is 0.409. The number of carbonyl (C=O) groups is 1. The molecule has 0 aliphatic carbocycles. The number of nitrogens with zero attached hydrogens (tertiary/aromatic N) is 1. The number of hydrogen-bond acceptors (Lipinski definition) is 4. The molecular formula is C22H25NO4. The molecule has 0 bridgehead atoms. The van der Waals surface area contributed by atoms with E-state index in [1.165, 1.54) is 0 Å². The Hall–Kier alpha value is -2.53. The van der Waals surface area contributed by atoms with E-state index in [2.05, 4.69) is 6.07 Å². The Bertz CT molecular complexity index is 874. The van der Waals surface area contributed by atoms with Gasteiger partial charge in [-0.25, -0.2) is 0 Å². The predicted molar refractivity (Wildman–Crippen MR) is 103 cm³/mol. The molecule has 0 saturated carbocycles. The molecule has 142 valence electrons. The highest BCUT2D eigenvalue weighted by Gasteiger charge is 2.41. The SMILES string of the molecule is CC(=O)N1CCC2(CC1)OCc1cc(-c3cc(C)c(O)c(C)c3)ccc1O2. The Morgan fingerprint density at radius 3 is 2.37 bits per heavy atom. The molecule has 4 rings (SSSR count). The lowest BCUT2D eigenvalue weighted by Crippen LogP contribution is -2.52. The lowest BCUT2D eigenvalue weighted by molar-refractivity contribution is -0.227. The van der Waals surface area contributed by atoms with E-state index >= 15 is 0 Å². The second kappa shape index (κ2) is 6.57. The van der Waals surface area contributed by atoms with Gasteiger partial charge >= 0.3 is 0 Å². The molecule has 2 aliphatic heterocycles. The molecule has 1 spiro atoms. The molecule has 0 radical (unpaired) electrons. The summed E-state index contributed by atoms with van der Waals surface area (Å²) < 4.78 is 12.4. The standard InChI is InChI=1S/C22H25NO4/c1-14-10-18(11-15(2)21(14)25)17-4-5-20-19(12-17)13-26-22(27-20)6-8-23(9-7-22)16(3)24/h4-5,10-12,25H,6-9,13H2,1-3H3. The van der Waals surface area contributed by atoms with Crippen LogP contribution in [0.4, 0.5) is 0 Å². The van der Waals surface area contributed by atoms with Crippen molar-refractivity contribution in [2.45, 2.75) is 46.0 Å². The van der Waals surface area contributed by atoms with Crippen LogP contribution in [0.1, 0.15) is 36.5 Å². The number of likely N-dealkylation sites (tertiary alicyclic amines) is 1. The molecule has 1 fully saturated rings. The van der Waals surface area contributed by atoms with Crippen LogP contribution in [0.5, 0.6) is 11.5 Å². The van der Waals surface area contributed by atoms with Crippen LogP contribution in [0.25, 0.3) is 11.1 Å². The fourth-order valence-electron chi connectivity index (χ4n) is 3.94. The number of phenolic OH excluding ortho intramolecular Hbond substituents is 1. The van der Waals surface area contributed by atoms with Gasteiger partial charge in [-0.2, -0.15) is 0 Å². The highest BCUT2D eigenvalue weighted by atomic mass is 16.7. The molecule has 5 heteroatoms. The predicted octanol–water partition coefficient (Wildman–Crippen LogP) is 3.92. The average Bonchev–Trinajstić information content (AvgIpc) is 2.65. The van der Waals surface area contributed by atoms with Crippen LogP contribution in [0.15, 0.2) is 30.3 Å². The number of amides is 1. The number of piperidine rings is 1. The van der Waals surface area contributed by atoms with Gasteiger partial charge in [0.2, 0.25) is 11.7 Å². The fourth-order valence-corrected chi connectivity index (χ4v) is 3.94. The third-order valence-corrected chi connectivity index (χ3v) is 5.64. The van der Waals surface area contributed by atoms with Crippen molar-refractivity contribution in [3.05, 3.63) is 47.0 Å². The largest absolute Gasteiger partial charge is 0.507 e. The number of aromatic hydroxyl groups is 1. The molecule has 1 amide bonds. The lowest BCUT2D eigenvalue weighted by atomic mass is 9.97. The van der Waals surface area contributed by atoms with Crippen molar-refractivity contribution < 1.29 is 19.4 Å². The Kier molecular flexibility index (Phi) is 4.35. The van der Waals surface area contributed by atoms with Gasteiger partial charge in [0.05, 0.1) is 6.61 Å². The third kappa shape index (κ3) is 3.28. The van der Waals surface area contributed by atoms with E-state index in [1.807, 2.05) is 43.0 Å². The second-order valence-electron chi connectivity index (χ2n) is 7.59. The highest BCUT2D eigenvalue weighted by Crippen LogP contribution is 2.39. The summed E-state index contributed by atoms with van der Waals surface area (Å²) in [6.07, 6.45) is 1.37. The van der Waals surface area contributed by atoms with Gasteiger partial charge in [0.15, 0.2) is 0 Å². The number of rotatable bonds is 1. The molecule has 1 N–H and O–H groups in total. The van der Waals surface area contributed by atoms with Crippen LogP contribution in [-0.4, -0.2) is 34.8 Å². The molecule has 2 heterocycles. The quantitative estimate of drug-likeness (QED) is 0.830. The van der Waals surface area contributed by atoms with E-state index in [4.69, 9.17) is 9.47 Å². The molecule has 27 heavy (non-hydrogen) atoms. The molecule has 1 saturated heterocycles. The van der Waals surface area contributed by atoms with Gasteiger partial charge in [0, 0.05) is 38.4 Å². The zero-order valence-corrected chi connectivity index (χ0v) is 16.0. The normalized spacial score (nSPS) is 18.1. The van der Waals surface area contributed by atoms with Crippen molar-refractivity contribution >= 4 is 5.91 Å². The van der Waals surface area contributed by atoms with Gasteiger partial charge < -0.3 is 19.5 Å². The molecule has 0 atom stereocenters. The first kappa shape index (κ1) is 17.9. The molecule has 0 unspecified atom stereocenters. The minimum Gasteiger partial charge on any atom is -0.507 e. The number of hydrogen-bond donors (Lipinski definition) is 1. The van der Waals surface area contributed by atoms with E-state index in [0.29, 0.717) is 38.3 Å². The minimum atomic E-state index is -0.619. The topological polar surface area (TPSA) is 59.0 Å². The van der Waals surface area contributed by atoms with E-state index in [-0.39, 0.29) is 5.91 Å². The first-order chi connectivity index (χ1) is 12.9. The second-order valence-corrected chi connectivity index (χ2v) is 7.59. The molecule has 0 aromatic heterocycles. The third-order valence-electron chi connectivity index (χ3n) is 5.64. The van der Waals surface area contributed by atoms with Crippen LogP contribution in [0.2, 0.25) is 0 Å². The summed E-state index contributed by atoms with van der Waals surface area (Å²) in [5.74, 6) is 0.688. The van der Waals surface area contributed by atoms with Crippen LogP contribution < -0.4 is 4.74 Å². The van der Waals surface area contributed by atoms with Gasteiger partial charge in [-0.05, 0) is 60.4 Å². The summed E-state index contributed by atoms with van der Waals surface area (Å²) in [4.78, 5) is 13.4. The number of fused-ring (bicyclic) bond motifs is 1. The monoisotopic (exact) mass is 367 g/mol. The molecular weight excluding hydrogens is 342 g/mol. The van der Waals surface area contributed by atoms with Gasteiger partial charge in [-0.15, -0.1) is 0 Å². The highest BCUT2D eigenvalue weighted by molar-refractivity contribution is 5.73. The number of benzene rings is 2. The smallest absolute Gasteiger partial charge is 0.219 e. The van der Waals surface area contributed by atoms with E-state index in [0.717, 1.165) is 33.6 Å². The number of phenols is 1. The molecule has 2 aromatic carbocycles.